The number of hydrogen-bond acceptors (Lipinski definition) is 3. The highest BCUT2D eigenvalue weighted by atomic mass is 35.5. The predicted molar refractivity (Wildman–Crippen MR) is 103 cm³/mol. The Balaban J connectivity index is 1.82. The van der Waals surface area contributed by atoms with E-state index in [0.717, 1.165) is 17.7 Å². The highest BCUT2D eigenvalue weighted by Gasteiger charge is 2.17. The average Bonchev–Trinajstić information content (AvgIpc) is 3.04. The summed E-state index contributed by atoms with van der Waals surface area (Å²) >= 11 is 5.95. The van der Waals surface area contributed by atoms with Crippen molar-refractivity contribution in [3.05, 3.63) is 80.9 Å². The van der Waals surface area contributed by atoms with E-state index in [1.54, 1.807) is 12.1 Å². The Hall–Kier alpha value is -3.06. The van der Waals surface area contributed by atoms with Crippen LogP contribution in [-0.4, -0.2) is 19.5 Å². The molecule has 2 heterocycles. The molecule has 0 saturated carbocycles. The van der Waals surface area contributed by atoms with Gasteiger partial charge in [-0.15, -0.1) is 0 Å². The Kier molecular flexibility index (Phi) is 4.68. The number of halogens is 3. The van der Waals surface area contributed by atoms with Crippen molar-refractivity contribution in [2.75, 3.05) is 0 Å². The van der Waals surface area contributed by atoms with E-state index in [1.807, 2.05) is 23.6 Å². The molecule has 0 spiro atoms. The Morgan fingerprint density at radius 2 is 1.82 bits per heavy atom. The molecule has 0 fully saturated rings. The average molecular weight is 401 g/mol. The van der Waals surface area contributed by atoms with Gasteiger partial charge in [0.25, 0.3) is 5.56 Å². The van der Waals surface area contributed by atoms with Gasteiger partial charge in [-0.1, -0.05) is 17.7 Å². The fraction of sp³-hybridized carbons (Fsp3) is 0.150. The first-order valence-electron chi connectivity index (χ1n) is 8.65. The van der Waals surface area contributed by atoms with Crippen LogP contribution < -0.4 is 5.56 Å². The fourth-order valence-electron chi connectivity index (χ4n) is 3.10. The second-order valence-corrected chi connectivity index (χ2v) is 6.73. The summed E-state index contributed by atoms with van der Waals surface area (Å²) in [5.41, 5.74) is 1.59. The Bertz CT molecular complexity index is 1230. The summed E-state index contributed by atoms with van der Waals surface area (Å²) in [5, 5.41) is 0.604. The molecule has 0 aliphatic heterocycles. The molecule has 28 heavy (non-hydrogen) atoms. The molecule has 142 valence electrons. The third-order valence-electron chi connectivity index (χ3n) is 4.43. The first kappa shape index (κ1) is 18.3. The highest BCUT2D eigenvalue weighted by molar-refractivity contribution is 6.30. The number of fused-ring (bicyclic) bond motifs is 1. The zero-order chi connectivity index (χ0) is 19.8. The van der Waals surface area contributed by atoms with E-state index in [0.29, 0.717) is 34.4 Å². The molecule has 0 saturated heterocycles. The number of nitrogens with zero attached hydrogens (tertiary/aromatic N) is 3. The van der Waals surface area contributed by atoms with Crippen LogP contribution in [0.5, 0.6) is 0 Å². The maximum absolute atomic E-state index is 13.5. The number of aromatic nitrogens is 4. The number of aryl methyl sites for hydroxylation is 1. The molecule has 4 rings (SSSR count). The third kappa shape index (κ3) is 3.29. The summed E-state index contributed by atoms with van der Waals surface area (Å²) in [6.45, 7) is 2.48. The molecule has 2 aromatic heterocycles. The van der Waals surface area contributed by atoms with Gasteiger partial charge in [0.2, 0.25) is 0 Å². The van der Waals surface area contributed by atoms with E-state index in [2.05, 4.69) is 15.0 Å². The van der Waals surface area contributed by atoms with Gasteiger partial charge in [0.05, 0.1) is 0 Å². The van der Waals surface area contributed by atoms with Crippen LogP contribution in [0.15, 0.2) is 47.3 Å². The molecule has 2 aromatic carbocycles. The zero-order valence-electron chi connectivity index (χ0n) is 14.8. The first-order chi connectivity index (χ1) is 13.5. The number of H-pyrrole nitrogens is 1. The van der Waals surface area contributed by atoms with E-state index >= 15 is 0 Å². The second kappa shape index (κ2) is 7.16. The molecule has 4 aromatic rings. The molecule has 0 radical (unpaired) electrons. The lowest BCUT2D eigenvalue weighted by atomic mass is 10.1. The van der Waals surface area contributed by atoms with Gasteiger partial charge in [-0.2, -0.15) is 0 Å². The molecule has 0 aliphatic rings. The van der Waals surface area contributed by atoms with Crippen molar-refractivity contribution < 1.29 is 8.78 Å². The van der Waals surface area contributed by atoms with Gasteiger partial charge in [-0.3, -0.25) is 4.79 Å². The Labute approximate surface area is 163 Å². The molecule has 0 atom stereocenters. The van der Waals surface area contributed by atoms with Crippen molar-refractivity contribution in [1.82, 2.24) is 19.5 Å². The van der Waals surface area contributed by atoms with Crippen LogP contribution >= 0.6 is 11.6 Å². The number of rotatable bonds is 4. The molecule has 0 amide bonds. The number of nitrogens with one attached hydrogen (secondary N) is 1. The van der Waals surface area contributed by atoms with E-state index in [9.17, 15) is 13.6 Å². The van der Waals surface area contributed by atoms with Crippen LogP contribution in [0.1, 0.15) is 18.3 Å². The fourth-order valence-corrected chi connectivity index (χ4v) is 3.23. The first-order valence-corrected chi connectivity index (χ1v) is 9.03. The van der Waals surface area contributed by atoms with Gasteiger partial charge in [0, 0.05) is 23.6 Å². The van der Waals surface area contributed by atoms with E-state index in [4.69, 9.17) is 11.6 Å². The largest absolute Gasteiger partial charge is 0.309 e. The van der Waals surface area contributed by atoms with E-state index in [1.165, 1.54) is 6.07 Å². The lowest BCUT2D eigenvalue weighted by molar-refractivity contribution is 0.507. The molecule has 8 heteroatoms. The van der Waals surface area contributed by atoms with Crippen LogP contribution in [0.3, 0.4) is 0 Å². The smallest absolute Gasteiger partial charge is 0.279 e. The van der Waals surface area contributed by atoms with Crippen molar-refractivity contribution in [3.8, 4) is 11.4 Å². The Morgan fingerprint density at radius 1 is 1.07 bits per heavy atom. The molecule has 0 bridgehead atoms. The van der Waals surface area contributed by atoms with Gasteiger partial charge in [0.15, 0.2) is 22.8 Å². The number of aromatic amines is 1. The number of imidazole rings is 1. The van der Waals surface area contributed by atoms with Gasteiger partial charge < -0.3 is 9.55 Å². The molecule has 0 unspecified atom stereocenters. The molecule has 5 nitrogen and oxygen atoms in total. The number of hydrogen-bond donors (Lipinski definition) is 1. The van der Waals surface area contributed by atoms with Crippen LogP contribution in [0.4, 0.5) is 8.78 Å². The van der Waals surface area contributed by atoms with Crippen molar-refractivity contribution in [2.24, 2.45) is 0 Å². The summed E-state index contributed by atoms with van der Waals surface area (Å²) in [6, 6.07) is 10.8. The quantitative estimate of drug-likeness (QED) is 0.554. The third-order valence-corrected chi connectivity index (χ3v) is 4.68. The normalized spacial score (nSPS) is 11.3. The summed E-state index contributed by atoms with van der Waals surface area (Å²) in [7, 11) is 0. The van der Waals surface area contributed by atoms with Crippen molar-refractivity contribution in [1.29, 1.82) is 0 Å². The van der Waals surface area contributed by atoms with Crippen LogP contribution in [0, 0.1) is 11.6 Å². The van der Waals surface area contributed by atoms with E-state index < -0.39 is 11.6 Å². The number of benzene rings is 2. The minimum absolute atomic E-state index is 0.160. The predicted octanol–water partition coefficient (Wildman–Crippen LogP) is 4.33. The van der Waals surface area contributed by atoms with Gasteiger partial charge >= 0.3 is 0 Å². The summed E-state index contributed by atoms with van der Waals surface area (Å²) in [4.78, 5) is 24.2. The SMILES string of the molecule is CCn1c(-c2ccc(Cl)cc2)nc2c(=O)[nH]c(Cc3ccc(F)c(F)c3)nc21. The lowest BCUT2D eigenvalue weighted by Crippen LogP contribution is -2.13. The van der Waals surface area contributed by atoms with Crippen LogP contribution in [0.25, 0.3) is 22.6 Å². The molecule has 0 aliphatic carbocycles. The van der Waals surface area contributed by atoms with Crippen LogP contribution in [-0.2, 0) is 13.0 Å². The summed E-state index contributed by atoms with van der Waals surface area (Å²) in [5.74, 6) is -0.903. The van der Waals surface area contributed by atoms with E-state index in [-0.39, 0.29) is 17.5 Å². The summed E-state index contributed by atoms with van der Waals surface area (Å²) in [6.07, 6.45) is 0.160. The van der Waals surface area contributed by atoms with Crippen molar-refractivity contribution in [2.45, 2.75) is 19.9 Å². The summed E-state index contributed by atoms with van der Waals surface area (Å²) < 4.78 is 28.4. The highest BCUT2D eigenvalue weighted by Crippen LogP contribution is 2.24. The minimum atomic E-state index is -0.940. The second-order valence-electron chi connectivity index (χ2n) is 6.30. The molecular formula is C20H15ClF2N4O. The van der Waals surface area contributed by atoms with Gasteiger partial charge in [0.1, 0.15) is 11.6 Å². The zero-order valence-corrected chi connectivity index (χ0v) is 15.6. The maximum Gasteiger partial charge on any atom is 0.279 e. The van der Waals surface area contributed by atoms with Gasteiger partial charge in [-0.25, -0.2) is 18.7 Å². The standard InChI is InChI=1S/C20H15ClF2N4O/c1-2-27-18(12-4-6-13(21)7-5-12)26-17-19(27)24-16(25-20(17)28)10-11-3-8-14(22)15(23)9-11/h3-9H,2,10H2,1H3,(H,24,25,28). The lowest BCUT2D eigenvalue weighted by Gasteiger charge is -2.07. The van der Waals surface area contributed by atoms with Gasteiger partial charge in [-0.05, 0) is 48.9 Å². The minimum Gasteiger partial charge on any atom is -0.309 e. The Morgan fingerprint density at radius 3 is 2.50 bits per heavy atom. The van der Waals surface area contributed by atoms with Crippen LogP contribution in [0.2, 0.25) is 5.02 Å². The molecular weight excluding hydrogens is 386 g/mol. The topological polar surface area (TPSA) is 63.6 Å². The van der Waals surface area contributed by atoms with Crippen molar-refractivity contribution >= 4 is 22.8 Å². The monoisotopic (exact) mass is 400 g/mol. The van der Waals surface area contributed by atoms with Crippen molar-refractivity contribution in [3.63, 3.8) is 0 Å². The molecule has 1 N–H and O–H groups in total. The maximum atomic E-state index is 13.5.